The number of nitrogens with two attached hydrogens (primary N) is 1. The molecule has 0 amide bonds. The Morgan fingerprint density at radius 1 is 1.30 bits per heavy atom. The van der Waals surface area contributed by atoms with Gasteiger partial charge < -0.3 is 15.8 Å². The number of halogens is 1. The highest BCUT2D eigenvalue weighted by Crippen LogP contribution is 2.17. The Hall–Kier alpha value is -2.41. The molecule has 0 fully saturated rings. The highest BCUT2D eigenvalue weighted by molar-refractivity contribution is 6.30. The number of carbonyl (C=O) groups excluding carboxylic acids is 1. The quantitative estimate of drug-likeness (QED) is 0.830. The van der Waals surface area contributed by atoms with Gasteiger partial charge in [-0.25, -0.2) is 0 Å². The lowest BCUT2D eigenvalue weighted by atomic mass is 10.3. The van der Waals surface area contributed by atoms with Gasteiger partial charge in [-0.15, -0.1) is 0 Å². The second kappa shape index (κ2) is 6.16. The third kappa shape index (κ3) is 4.06. The van der Waals surface area contributed by atoms with Crippen LogP contribution in [0.3, 0.4) is 0 Å². The van der Waals surface area contributed by atoms with Crippen molar-refractivity contribution in [2.75, 3.05) is 11.1 Å². The first-order chi connectivity index (χ1) is 9.52. The summed E-state index contributed by atoms with van der Waals surface area (Å²) in [4.78, 5) is 22.7. The molecule has 1 aromatic carbocycles. The molecule has 0 spiro atoms. The highest BCUT2D eigenvalue weighted by atomic mass is 35.5. The van der Waals surface area contributed by atoms with Gasteiger partial charge in [0.25, 0.3) is 0 Å². The standard InChI is InChI=1S/C12H12ClN5O2/c1-7(19)20-6-10-16-11(14)18-12(17-10)15-9-4-2-8(13)3-5-9/h2-5H,6H2,1H3,(H3,14,15,16,17,18). The molecule has 0 atom stereocenters. The second-order valence-corrected chi connectivity index (χ2v) is 4.28. The summed E-state index contributed by atoms with van der Waals surface area (Å²) in [6.07, 6.45) is 0. The minimum Gasteiger partial charge on any atom is -0.458 e. The lowest BCUT2D eigenvalue weighted by Crippen LogP contribution is -2.09. The van der Waals surface area contributed by atoms with Crippen LogP contribution in [0, 0.1) is 0 Å². The molecule has 8 heteroatoms. The summed E-state index contributed by atoms with van der Waals surface area (Å²) in [5, 5.41) is 3.58. The number of hydrogen-bond donors (Lipinski definition) is 2. The van der Waals surface area contributed by atoms with Gasteiger partial charge in [-0.1, -0.05) is 11.6 Å². The van der Waals surface area contributed by atoms with Crippen molar-refractivity contribution < 1.29 is 9.53 Å². The van der Waals surface area contributed by atoms with E-state index in [0.717, 1.165) is 5.69 Å². The average molecular weight is 294 g/mol. The topological polar surface area (TPSA) is 103 Å². The first-order valence-corrected chi connectivity index (χ1v) is 6.07. The van der Waals surface area contributed by atoms with Crippen molar-refractivity contribution in [1.82, 2.24) is 15.0 Å². The number of esters is 1. The summed E-state index contributed by atoms with van der Waals surface area (Å²) in [5.41, 5.74) is 6.33. The molecule has 0 aliphatic heterocycles. The molecule has 2 rings (SSSR count). The minimum absolute atomic E-state index is 0.0404. The van der Waals surface area contributed by atoms with Crippen LogP contribution in [0.15, 0.2) is 24.3 Å². The van der Waals surface area contributed by atoms with Gasteiger partial charge in [0, 0.05) is 17.6 Å². The molecule has 7 nitrogen and oxygen atoms in total. The molecular formula is C12H12ClN5O2. The van der Waals surface area contributed by atoms with Crippen molar-refractivity contribution in [3.63, 3.8) is 0 Å². The van der Waals surface area contributed by atoms with Crippen LogP contribution in [0.1, 0.15) is 12.7 Å². The highest BCUT2D eigenvalue weighted by Gasteiger charge is 2.06. The third-order valence-corrected chi connectivity index (χ3v) is 2.46. The Morgan fingerprint density at radius 2 is 2.00 bits per heavy atom. The molecule has 2 aromatic rings. The number of anilines is 3. The maximum atomic E-state index is 10.8. The number of nitrogens with one attached hydrogen (secondary N) is 1. The van der Waals surface area contributed by atoms with Gasteiger partial charge in [0.05, 0.1) is 0 Å². The van der Waals surface area contributed by atoms with Gasteiger partial charge in [0.15, 0.2) is 12.4 Å². The lowest BCUT2D eigenvalue weighted by molar-refractivity contribution is -0.142. The van der Waals surface area contributed by atoms with Crippen molar-refractivity contribution in [2.24, 2.45) is 0 Å². The fourth-order valence-electron chi connectivity index (χ4n) is 1.39. The Bertz CT molecular complexity index is 618. The first-order valence-electron chi connectivity index (χ1n) is 5.69. The molecule has 0 bridgehead atoms. The van der Waals surface area contributed by atoms with E-state index in [1.807, 2.05) is 0 Å². The monoisotopic (exact) mass is 293 g/mol. The van der Waals surface area contributed by atoms with Crippen LogP contribution in [0.2, 0.25) is 5.02 Å². The molecule has 0 radical (unpaired) electrons. The van der Waals surface area contributed by atoms with E-state index >= 15 is 0 Å². The zero-order valence-electron chi connectivity index (χ0n) is 10.6. The molecule has 1 aromatic heterocycles. The summed E-state index contributed by atoms with van der Waals surface area (Å²) >= 11 is 5.80. The number of rotatable bonds is 4. The van der Waals surface area contributed by atoms with Crippen molar-refractivity contribution in [2.45, 2.75) is 13.5 Å². The smallest absolute Gasteiger partial charge is 0.303 e. The summed E-state index contributed by atoms with van der Waals surface area (Å²) in [7, 11) is 0. The second-order valence-electron chi connectivity index (χ2n) is 3.85. The zero-order chi connectivity index (χ0) is 14.5. The predicted molar refractivity (Wildman–Crippen MR) is 74.4 cm³/mol. The van der Waals surface area contributed by atoms with Crippen molar-refractivity contribution in [1.29, 1.82) is 0 Å². The third-order valence-electron chi connectivity index (χ3n) is 2.20. The van der Waals surface area contributed by atoms with Crippen molar-refractivity contribution in [3.05, 3.63) is 35.1 Å². The zero-order valence-corrected chi connectivity index (χ0v) is 11.4. The maximum absolute atomic E-state index is 10.8. The van der Waals surface area contributed by atoms with Gasteiger partial charge in [-0.3, -0.25) is 4.79 Å². The molecule has 0 unspecified atom stereocenters. The van der Waals surface area contributed by atoms with E-state index in [1.54, 1.807) is 24.3 Å². The Balaban J connectivity index is 2.14. The molecule has 104 valence electrons. The number of ether oxygens (including phenoxy) is 1. The van der Waals surface area contributed by atoms with Crippen molar-refractivity contribution in [3.8, 4) is 0 Å². The van der Waals surface area contributed by atoms with Crippen LogP contribution in [0.4, 0.5) is 17.6 Å². The number of hydrogen-bond acceptors (Lipinski definition) is 7. The van der Waals surface area contributed by atoms with E-state index in [4.69, 9.17) is 22.1 Å². The Labute approximate surface area is 120 Å². The summed E-state index contributed by atoms with van der Waals surface area (Å²) in [5.74, 6) is 0.154. The SMILES string of the molecule is CC(=O)OCc1nc(N)nc(Nc2ccc(Cl)cc2)n1. The summed E-state index contributed by atoms with van der Waals surface area (Å²) < 4.78 is 4.81. The maximum Gasteiger partial charge on any atom is 0.303 e. The van der Waals surface area contributed by atoms with Crippen LogP contribution in [-0.2, 0) is 16.1 Å². The minimum atomic E-state index is -0.420. The molecule has 1 heterocycles. The molecule has 0 saturated carbocycles. The van der Waals surface area contributed by atoms with Crippen LogP contribution in [0.25, 0.3) is 0 Å². The number of nitrogen functional groups attached to an aromatic ring is 1. The molecule has 20 heavy (non-hydrogen) atoms. The van der Waals surface area contributed by atoms with E-state index in [2.05, 4.69) is 20.3 Å². The Kier molecular flexibility index (Phi) is 4.31. The fourth-order valence-corrected chi connectivity index (χ4v) is 1.51. The van der Waals surface area contributed by atoms with E-state index in [1.165, 1.54) is 6.92 Å². The molecule has 3 N–H and O–H groups in total. The molecule has 0 aliphatic carbocycles. The van der Waals surface area contributed by atoms with E-state index in [-0.39, 0.29) is 24.3 Å². The number of carbonyl (C=O) groups is 1. The van der Waals surface area contributed by atoms with Crippen LogP contribution in [-0.4, -0.2) is 20.9 Å². The average Bonchev–Trinajstić information content (AvgIpc) is 2.38. The first kappa shape index (κ1) is 14.0. The lowest BCUT2D eigenvalue weighted by Gasteiger charge is -2.07. The number of benzene rings is 1. The van der Waals surface area contributed by atoms with E-state index < -0.39 is 5.97 Å². The van der Waals surface area contributed by atoms with Crippen LogP contribution in [0.5, 0.6) is 0 Å². The van der Waals surface area contributed by atoms with Crippen molar-refractivity contribution >= 4 is 35.2 Å². The predicted octanol–water partition coefficient (Wildman–Crippen LogP) is 1.91. The summed E-state index contributed by atoms with van der Waals surface area (Å²) in [6.45, 7) is 1.24. The van der Waals surface area contributed by atoms with Gasteiger partial charge in [0.1, 0.15) is 0 Å². The molecule has 0 saturated heterocycles. The van der Waals surface area contributed by atoms with E-state index in [0.29, 0.717) is 5.02 Å². The van der Waals surface area contributed by atoms with Gasteiger partial charge in [-0.2, -0.15) is 15.0 Å². The van der Waals surface area contributed by atoms with Gasteiger partial charge in [0.2, 0.25) is 11.9 Å². The fraction of sp³-hybridized carbons (Fsp3) is 0.167. The van der Waals surface area contributed by atoms with Gasteiger partial charge >= 0.3 is 5.97 Å². The molecule has 0 aliphatic rings. The Morgan fingerprint density at radius 3 is 2.65 bits per heavy atom. The largest absolute Gasteiger partial charge is 0.458 e. The van der Waals surface area contributed by atoms with E-state index in [9.17, 15) is 4.79 Å². The number of nitrogens with zero attached hydrogens (tertiary/aromatic N) is 3. The summed E-state index contributed by atoms with van der Waals surface area (Å²) in [6, 6.07) is 7.00. The van der Waals surface area contributed by atoms with Crippen LogP contribution < -0.4 is 11.1 Å². The molecular weight excluding hydrogens is 282 g/mol. The van der Waals surface area contributed by atoms with Crippen LogP contribution >= 0.6 is 11.6 Å². The van der Waals surface area contributed by atoms with Gasteiger partial charge in [-0.05, 0) is 24.3 Å². The normalized spacial score (nSPS) is 10.1. The number of aromatic nitrogens is 3.